The van der Waals surface area contributed by atoms with Gasteiger partial charge in [-0.15, -0.1) is 0 Å². The highest BCUT2D eigenvalue weighted by atomic mass is 19.4. The number of hydrogen-bond donors (Lipinski definition) is 1. The molecule has 1 aliphatic rings. The van der Waals surface area contributed by atoms with E-state index in [0.29, 0.717) is 16.8 Å². The van der Waals surface area contributed by atoms with Crippen LogP contribution in [0.15, 0.2) is 47.9 Å². The molecule has 170 valence electrons. The average molecular weight is 458 g/mol. The predicted octanol–water partition coefficient (Wildman–Crippen LogP) is 2.21. The number of ether oxygens (including phenoxy) is 1. The van der Waals surface area contributed by atoms with E-state index in [1.165, 1.54) is 23.0 Å². The maximum absolute atomic E-state index is 13.4. The molecule has 1 saturated heterocycles. The van der Waals surface area contributed by atoms with Crippen molar-refractivity contribution in [2.45, 2.75) is 18.3 Å². The summed E-state index contributed by atoms with van der Waals surface area (Å²) in [6.45, 7) is 0.259. The monoisotopic (exact) mass is 458 g/mol. The van der Waals surface area contributed by atoms with Crippen LogP contribution in [0.4, 0.5) is 13.2 Å². The molecule has 5 heterocycles. The van der Waals surface area contributed by atoms with E-state index in [4.69, 9.17) is 4.74 Å². The molecule has 9 nitrogen and oxygen atoms in total. The minimum Gasteiger partial charge on any atom is -0.388 e. The van der Waals surface area contributed by atoms with Crippen LogP contribution < -0.4 is 5.56 Å². The van der Waals surface area contributed by atoms with Gasteiger partial charge in [0.1, 0.15) is 17.3 Å². The fourth-order valence-corrected chi connectivity index (χ4v) is 3.77. The molecule has 5 rings (SSSR count). The van der Waals surface area contributed by atoms with E-state index in [2.05, 4.69) is 20.1 Å². The van der Waals surface area contributed by atoms with Crippen LogP contribution in [0, 0.1) is 0 Å². The maximum atomic E-state index is 13.4. The van der Waals surface area contributed by atoms with Crippen LogP contribution in [0.1, 0.15) is 11.6 Å². The van der Waals surface area contributed by atoms with E-state index in [9.17, 15) is 23.1 Å². The number of halogens is 3. The van der Waals surface area contributed by atoms with Gasteiger partial charge in [-0.2, -0.15) is 18.3 Å². The molecule has 0 radical (unpaired) electrons. The lowest BCUT2D eigenvalue weighted by Crippen LogP contribution is -2.32. The summed E-state index contributed by atoms with van der Waals surface area (Å²) in [5.41, 5.74) is 0.251. The second-order valence-electron chi connectivity index (χ2n) is 7.71. The summed E-state index contributed by atoms with van der Waals surface area (Å²) in [5, 5.41) is 14.5. The Labute approximate surface area is 184 Å². The molecule has 4 aromatic rings. The van der Waals surface area contributed by atoms with Crippen molar-refractivity contribution in [3.63, 3.8) is 0 Å². The van der Waals surface area contributed by atoms with E-state index in [0.717, 1.165) is 12.3 Å². The summed E-state index contributed by atoms with van der Waals surface area (Å²) in [4.78, 5) is 26.2. The number of aryl methyl sites for hydroxylation is 1. The Hall–Kier alpha value is -3.64. The van der Waals surface area contributed by atoms with Gasteiger partial charge in [0.25, 0.3) is 5.56 Å². The normalized spacial score (nSPS) is 18.8. The third kappa shape index (κ3) is 3.76. The Morgan fingerprint density at radius 2 is 1.97 bits per heavy atom. The van der Waals surface area contributed by atoms with Crippen molar-refractivity contribution in [2.75, 3.05) is 13.2 Å². The number of rotatable bonds is 3. The Bertz CT molecular complexity index is 1400. The largest absolute Gasteiger partial charge is 0.417 e. The van der Waals surface area contributed by atoms with Gasteiger partial charge < -0.3 is 9.84 Å². The number of aliphatic hydroxyl groups is 1. The highest BCUT2D eigenvalue weighted by molar-refractivity contribution is 5.93. The molecular weight excluding hydrogens is 441 g/mol. The SMILES string of the molecule is Cn1cc(-c2nc(-c3ccc(C(F)(F)F)cn3)cc3c(=O)n([C@H]4COC[C@H]4O)cnc23)cn1. The number of pyridine rings is 2. The number of fused-ring (bicyclic) bond motifs is 1. The molecule has 12 heteroatoms. The highest BCUT2D eigenvalue weighted by Crippen LogP contribution is 2.31. The Morgan fingerprint density at radius 3 is 2.58 bits per heavy atom. The van der Waals surface area contributed by atoms with E-state index in [-0.39, 0.29) is 30.0 Å². The Balaban J connectivity index is 1.72. The number of nitrogens with zero attached hydrogens (tertiary/aromatic N) is 6. The van der Waals surface area contributed by atoms with Crippen molar-refractivity contribution >= 4 is 10.9 Å². The van der Waals surface area contributed by atoms with Crippen molar-refractivity contribution in [1.82, 2.24) is 29.3 Å². The molecule has 0 amide bonds. The minimum absolute atomic E-state index is 0.104. The highest BCUT2D eigenvalue weighted by Gasteiger charge is 2.31. The first kappa shape index (κ1) is 21.2. The van der Waals surface area contributed by atoms with Gasteiger partial charge in [0.15, 0.2) is 0 Å². The quantitative estimate of drug-likeness (QED) is 0.502. The summed E-state index contributed by atoms with van der Waals surface area (Å²) in [5.74, 6) is 0. The van der Waals surface area contributed by atoms with Crippen LogP contribution in [0.3, 0.4) is 0 Å². The molecule has 0 unspecified atom stereocenters. The van der Waals surface area contributed by atoms with E-state index < -0.39 is 29.4 Å². The van der Waals surface area contributed by atoms with Gasteiger partial charge >= 0.3 is 6.18 Å². The number of aliphatic hydroxyl groups excluding tert-OH is 1. The maximum Gasteiger partial charge on any atom is 0.417 e. The van der Waals surface area contributed by atoms with Crippen molar-refractivity contribution in [2.24, 2.45) is 7.05 Å². The molecule has 2 atom stereocenters. The first-order valence-electron chi connectivity index (χ1n) is 9.92. The predicted molar refractivity (Wildman–Crippen MR) is 110 cm³/mol. The minimum atomic E-state index is -4.52. The number of aromatic nitrogens is 6. The van der Waals surface area contributed by atoms with E-state index in [1.54, 1.807) is 24.1 Å². The zero-order chi connectivity index (χ0) is 23.3. The van der Waals surface area contributed by atoms with Gasteiger partial charge in [-0.25, -0.2) is 9.97 Å². The summed E-state index contributed by atoms with van der Waals surface area (Å²) in [6, 6.07) is 2.95. The summed E-state index contributed by atoms with van der Waals surface area (Å²) >= 11 is 0. The summed E-state index contributed by atoms with van der Waals surface area (Å²) in [7, 11) is 1.72. The van der Waals surface area contributed by atoms with Crippen molar-refractivity contribution in [3.05, 3.63) is 59.0 Å². The lowest BCUT2D eigenvalue weighted by Gasteiger charge is -2.16. The molecule has 0 spiro atoms. The smallest absolute Gasteiger partial charge is 0.388 e. The molecular formula is C21H17F3N6O3. The molecule has 1 N–H and O–H groups in total. The van der Waals surface area contributed by atoms with Crippen molar-refractivity contribution in [3.8, 4) is 22.6 Å². The third-order valence-electron chi connectivity index (χ3n) is 5.48. The topological polar surface area (TPSA) is 108 Å². The summed E-state index contributed by atoms with van der Waals surface area (Å²) < 4.78 is 47.0. The molecule has 4 aromatic heterocycles. The van der Waals surface area contributed by atoms with Gasteiger partial charge in [-0.05, 0) is 18.2 Å². The molecule has 0 aliphatic carbocycles. The second-order valence-corrected chi connectivity index (χ2v) is 7.71. The van der Waals surface area contributed by atoms with Gasteiger partial charge in [0.2, 0.25) is 0 Å². The van der Waals surface area contributed by atoms with Crippen molar-refractivity contribution < 1.29 is 23.0 Å². The van der Waals surface area contributed by atoms with Crippen LogP contribution in [0.2, 0.25) is 0 Å². The number of hydrogen-bond acceptors (Lipinski definition) is 7. The molecule has 1 fully saturated rings. The second kappa shape index (κ2) is 7.74. The molecule has 0 aromatic carbocycles. The zero-order valence-corrected chi connectivity index (χ0v) is 17.2. The lowest BCUT2D eigenvalue weighted by atomic mass is 10.1. The third-order valence-corrected chi connectivity index (χ3v) is 5.48. The first-order chi connectivity index (χ1) is 15.7. The zero-order valence-electron chi connectivity index (χ0n) is 17.2. The fraction of sp³-hybridized carbons (Fsp3) is 0.286. The van der Waals surface area contributed by atoms with Gasteiger partial charge in [-0.1, -0.05) is 0 Å². The van der Waals surface area contributed by atoms with Gasteiger partial charge in [0, 0.05) is 25.0 Å². The first-order valence-corrected chi connectivity index (χ1v) is 9.92. The van der Waals surface area contributed by atoms with E-state index >= 15 is 0 Å². The van der Waals surface area contributed by atoms with Crippen LogP contribution in [0.25, 0.3) is 33.5 Å². The molecule has 0 saturated carbocycles. The Morgan fingerprint density at radius 1 is 1.15 bits per heavy atom. The summed E-state index contributed by atoms with van der Waals surface area (Å²) in [6.07, 6.45) is -0.0899. The van der Waals surface area contributed by atoms with Crippen LogP contribution >= 0.6 is 0 Å². The van der Waals surface area contributed by atoms with E-state index in [1.807, 2.05) is 0 Å². The van der Waals surface area contributed by atoms with Crippen LogP contribution in [-0.2, 0) is 18.0 Å². The van der Waals surface area contributed by atoms with Crippen molar-refractivity contribution in [1.29, 1.82) is 0 Å². The van der Waals surface area contributed by atoms with Crippen LogP contribution in [0.5, 0.6) is 0 Å². The number of alkyl halides is 3. The molecule has 1 aliphatic heterocycles. The van der Waals surface area contributed by atoms with Gasteiger partial charge in [0.05, 0.1) is 54.1 Å². The Kier molecular flexibility index (Phi) is 4.98. The fourth-order valence-electron chi connectivity index (χ4n) is 3.77. The standard InChI is InChI=1S/C21H17F3N6O3/c1-29-7-11(5-27-29)18-19-13(20(32)30(10-26-19)16-8-33-9-17(16)31)4-15(28-18)14-3-2-12(6-25-14)21(22,23)24/h2-7,10,16-17,31H,8-9H2,1H3/t16-,17+/m0/s1. The van der Waals surface area contributed by atoms with Gasteiger partial charge in [-0.3, -0.25) is 19.0 Å². The molecule has 0 bridgehead atoms. The average Bonchev–Trinajstić information content (AvgIpc) is 3.41. The molecule has 33 heavy (non-hydrogen) atoms. The van der Waals surface area contributed by atoms with Crippen LogP contribution in [-0.4, -0.2) is 53.7 Å². The lowest BCUT2D eigenvalue weighted by molar-refractivity contribution is -0.137.